The second kappa shape index (κ2) is 6.90. The Morgan fingerprint density at radius 3 is 2.69 bits per heavy atom. The highest BCUT2D eigenvalue weighted by atomic mass is 16.5. The number of amides is 2. The summed E-state index contributed by atoms with van der Waals surface area (Å²) in [5.74, 6) is 1.69. The van der Waals surface area contributed by atoms with Crippen LogP contribution in [0.4, 0.5) is 10.5 Å². The molecule has 26 heavy (non-hydrogen) atoms. The lowest BCUT2D eigenvalue weighted by Gasteiger charge is -2.28. The van der Waals surface area contributed by atoms with E-state index in [-0.39, 0.29) is 12.1 Å². The average Bonchev–Trinajstić information content (AvgIpc) is 3.29. The molecule has 136 valence electrons. The number of carbonyl (C=O) groups is 1. The third-order valence-corrected chi connectivity index (χ3v) is 4.96. The minimum atomic E-state index is -0.109. The molecule has 0 radical (unpaired) electrons. The molecular formula is C21H24N2O3. The first-order chi connectivity index (χ1) is 12.6. The fourth-order valence-electron chi connectivity index (χ4n) is 3.57. The van der Waals surface area contributed by atoms with Crippen molar-refractivity contribution in [2.24, 2.45) is 0 Å². The number of anilines is 1. The predicted molar refractivity (Wildman–Crippen MR) is 101 cm³/mol. The Bertz CT molecular complexity index is 786. The average molecular weight is 352 g/mol. The van der Waals surface area contributed by atoms with Gasteiger partial charge in [-0.05, 0) is 25.5 Å². The fraction of sp³-hybridized carbons (Fsp3) is 0.381. The number of ether oxygens (including phenoxy) is 2. The van der Waals surface area contributed by atoms with Crippen LogP contribution in [0, 0.1) is 0 Å². The molecule has 0 fully saturated rings. The monoisotopic (exact) mass is 352 g/mol. The van der Waals surface area contributed by atoms with E-state index in [4.69, 9.17) is 9.47 Å². The summed E-state index contributed by atoms with van der Waals surface area (Å²) in [4.78, 5) is 14.9. The molecule has 0 aromatic heterocycles. The van der Waals surface area contributed by atoms with E-state index in [0.29, 0.717) is 19.8 Å². The van der Waals surface area contributed by atoms with Gasteiger partial charge in [-0.1, -0.05) is 30.3 Å². The molecular weight excluding hydrogens is 328 g/mol. The van der Waals surface area contributed by atoms with Gasteiger partial charge in [0.2, 0.25) is 0 Å². The molecule has 2 aromatic carbocycles. The van der Waals surface area contributed by atoms with Gasteiger partial charge in [0.1, 0.15) is 11.5 Å². The van der Waals surface area contributed by atoms with Gasteiger partial charge in [-0.2, -0.15) is 0 Å². The van der Waals surface area contributed by atoms with Crippen LogP contribution in [-0.4, -0.2) is 30.2 Å². The fourth-order valence-corrected chi connectivity index (χ4v) is 3.57. The van der Waals surface area contributed by atoms with Crippen LogP contribution in [0.15, 0.2) is 36.4 Å². The SMILES string of the molecule is CC(C)N(Cc1ccccc1)C(=O)Nc1c2c(cc3c1OCC3)OCC2. The van der Waals surface area contributed by atoms with Gasteiger partial charge in [-0.25, -0.2) is 4.79 Å². The lowest BCUT2D eigenvalue weighted by atomic mass is 10.0. The first-order valence-electron chi connectivity index (χ1n) is 9.19. The summed E-state index contributed by atoms with van der Waals surface area (Å²) in [6.07, 6.45) is 1.65. The number of benzene rings is 2. The molecule has 2 heterocycles. The van der Waals surface area contributed by atoms with Crippen molar-refractivity contribution in [1.82, 2.24) is 4.90 Å². The molecule has 1 N–H and O–H groups in total. The summed E-state index contributed by atoms with van der Waals surface area (Å²) >= 11 is 0. The number of nitrogens with one attached hydrogen (secondary N) is 1. The van der Waals surface area contributed by atoms with Crippen LogP contribution >= 0.6 is 0 Å². The van der Waals surface area contributed by atoms with Crippen molar-refractivity contribution in [2.75, 3.05) is 18.5 Å². The smallest absolute Gasteiger partial charge is 0.322 e. The van der Waals surface area contributed by atoms with Gasteiger partial charge < -0.3 is 19.7 Å². The van der Waals surface area contributed by atoms with Crippen LogP contribution in [0.5, 0.6) is 11.5 Å². The molecule has 5 heteroatoms. The Morgan fingerprint density at radius 1 is 1.15 bits per heavy atom. The van der Waals surface area contributed by atoms with E-state index in [1.807, 2.05) is 49.1 Å². The van der Waals surface area contributed by atoms with Crippen molar-refractivity contribution in [3.8, 4) is 11.5 Å². The summed E-state index contributed by atoms with van der Waals surface area (Å²) in [5.41, 5.74) is 4.05. The lowest BCUT2D eigenvalue weighted by molar-refractivity contribution is 0.193. The highest BCUT2D eigenvalue weighted by Crippen LogP contribution is 2.44. The third kappa shape index (κ3) is 3.09. The molecule has 0 bridgehead atoms. The summed E-state index contributed by atoms with van der Waals surface area (Å²) in [6, 6.07) is 12.1. The molecule has 2 amide bonds. The Kier molecular flexibility index (Phi) is 4.45. The minimum absolute atomic E-state index is 0.0807. The molecule has 5 nitrogen and oxygen atoms in total. The molecule has 0 aliphatic carbocycles. The van der Waals surface area contributed by atoms with Crippen LogP contribution < -0.4 is 14.8 Å². The van der Waals surface area contributed by atoms with Crippen LogP contribution in [0.1, 0.15) is 30.5 Å². The van der Waals surface area contributed by atoms with Crippen LogP contribution in [0.25, 0.3) is 0 Å². The van der Waals surface area contributed by atoms with Gasteiger partial charge >= 0.3 is 6.03 Å². The number of hydrogen-bond donors (Lipinski definition) is 1. The maximum atomic E-state index is 13.1. The van der Waals surface area contributed by atoms with Gasteiger partial charge in [0.05, 0.1) is 18.9 Å². The summed E-state index contributed by atoms with van der Waals surface area (Å²) in [5, 5.41) is 3.13. The largest absolute Gasteiger partial charge is 0.493 e. The highest BCUT2D eigenvalue weighted by Gasteiger charge is 2.29. The minimum Gasteiger partial charge on any atom is -0.493 e. The van der Waals surface area contributed by atoms with Gasteiger partial charge in [0, 0.05) is 36.6 Å². The van der Waals surface area contributed by atoms with Crippen molar-refractivity contribution in [1.29, 1.82) is 0 Å². The van der Waals surface area contributed by atoms with Crippen molar-refractivity contribution in [3.63, 3.8) is 0 Å². The Labute approximate surface area is 153 Å². The molecule has 4 rings (SSSR count). The van der Waals surface area contributed by atoms with Crippen molar-refractivity contribution >= 4 is 11.7 Å². The summed E-state index contributed by atoms with van der Waals surface area (Å²) in [7, 11) is 0. The first kappa shape index (κ1) is 16.8. The molecule has 0 unspecified atom stereocenters. The second-order valence-corrected chi connectivity index (χ2v) is 7.05. The van der Waals surface area contributed by atoms with E-state index in [2.05, 4.69) is 11.4 Å². The second-order valence-electron chi connectivity index (χ2n) is 7.05. The number of fused-ring (bicyclic) bond motifs is 2. The molecule has 2 aromatic rings. The zero-order valence-electron chi connectivity index (χ0n) is 15.2. The van der Waals surface area contributed by atoms with Crippen molar-refractivity contribution in [2.45, 2.75) is 39.3 Å². The van der Waals surface area contributed by atoms with E-state index in [1.165, 1.54) is 0 Å². The summed E-state index contributed by atoms with van der Waals surface area (Å²) in [6.45, 7) is 5.93. The molecule has 2 aliphatic heterocycles. The van der Waals surface area contributed by atoms with Crippen molar-refractivity contribution in [3.05, 3.63) is 53.1 Å². The molecule has 2 aliphatic rings. The van der Waals surface area contributed by atoms with Crippen LogP contribution in [0.2, 0.25) is 0 Å². The zero-order chi connectivity index (χ0) is 18.1. The van der Waals surface area contributed by atoms with E-state index in [9.17, 15) is 4.79 Å². The van der Waals surface area contributed by atoms with Crippen molar-refractivity contribution < 1.29 is 14.3 Å². The number of urea groups is 1. The highest BCUT2D eigenvalue weighted by molar-refractivity contribution is 5.93. The third-order valence-electron chi connectivity index (χ3n) is 4.96. The number of hydrogen-bond acceptors (Lipinski definition) is 3. The molecule has 0 saturated heterocycles. The van der Waals surface area contributed by atoms with Crippen LogP contribution in [-0.2, 0) is 19.4 Å². The van der Waals surface area contributed by atoms with Crippen LogP contribution in [0.3, 0.4) is 0 Å². The van der Waals surface area contributed by atoms with Gasteiger partial charge in [-0.3, -0.25) is 0 Å². The quantitative estimate of drug-likeness (QED) is 0.905. The Morgan fingerprint density at radius 2 is 1.92 bits per heavy atom. The Hall–Kier alpha value is -2.69. The lowest BCUT2D eigenvalue weighted by Crippen LogP contribution is -2.39. The molecule has 0 atom stereocenters. The van der Waals surface area contributed by atoms with E-state index >= 15 is 0 Å². The summed E-state index contributed by atoms with van der Waals surface area (Å²) < 4.78 is 11.6. The molecule has 0 spiro atoms. The number of nitrogens with zero attached hydrogens (tertiary/aromatic N) is 1. The standard InChI is InChI=1S/C21H24N2O3/c1-14(2)23(13-15-6-4-3-5-7-15)21(24)22-19-17-9-11-25-18(17)12-16-8-10-26-20(16)19/h3-7,12,14H,8-11,13H2,1-2H3,(H,22,24). The molecule has 0 saturated carbocycles. The van der Waals surface area contributed by atoms with Gasteiger partial charge in [0.15, 0.2) is 0 Å². The van der Waals surface area contributed by atoms with E-state index in [1.54, 1.807) is 0 Å². The number of carbonyl (C=O) groups excluding carboxylic acids is 1. The van der Waals surface area contributed by atoms with Gasteiger partial charge in [-0.15, -0.1) is 0 Å². The van der Waals surface area contributed by atoms with E-state index < -0.39 is 0 Å². The normalized spacial score (nSPS) is 14.4. The Balaban J connectivity index is 1.61. The first-order valence-corrected chi connectivity index (χ1v) is 9.19. The number of rotatable bonds is 4. The zero-order valence-corrected chi connectivity index (χ0v) is 15.2. The maximum absolute atomic E-state index is 13.1. The predicted octanol–water partition coefficient (Wildman–Crippen LogP) is 4.00. The van der Waals surface area contributed by atoms with E-state index in [0.717, 1.165) is 46.7 Å². The van der Waals surface area contributed by atoms with Gasteiger partial charge in [0.25, 0.3) is 0 Å². The topological polar surface area (TPSA) is 50.8 Å². The maximum Gasteiger partial charge on any atom is 0.322 e.